The fourth-order valence-corrected chi connectivity index (χ4v) is 3.51. The number of hydrogen-bond acceptors (Lipinski definition) is 5. The number of ether oxygens (including phenoxy) is 3. The Morgan fingerprint density at radius 3 is 2.15 bits per heavy atom. The molecule has 0 saturated carbocycles. The van der Waals surface area contributed by atoms with Crippen LogP contribution in [0.1, 0.15) is 20.7 Å². The molecule has 0 radical (unpaired) electrons. The van der Waals surface area contributed by atoms with Crippen LogP contribution in [0.3, 0.4) is 0 Å². The van der Waals surface area contributed by atoms with Crippen LogP contribution in [0.5, 0.6) is 5.75 Å². The Morgan fingerprint density at radius 1 is 0.852 bits per heavy atom. The van der Waals surface area contributed by atoms with Crippen molar-refractivity contribution in [1.82, 2.24) is 4.40 Å². The average molecular weight is 363 g/mol. The van der Waals surface area contributed by atoms with E-state index in [-0.39, 0.29) is 11.1 Å². The highest BCUT2D eigenvalue weighted by atomic mass is 16.5. The van der Waals surface area contributed by atoms with Crippen LogP contribution in [0.4, 0.5) is 0 Å². The standard InChI is InChI=1S/C21H17NO5/c1-25-14-9-7-12(8-10-14)15-11-13-5-4-6-16-17(20(23)26-2)18(21(24)27-3)19(15)22(13)16/h4-11H,1-3H3. The monoisotopic (exact) mass is 363 g/mol. The van der Waals surface area contributed by atoms with Gasteiger partial charge >= 0.3 is 11.9 Å². The molecule has 4 rings (SSSR count). The number of aromatic nitrogens is 1. The van der Waals surface area contributed by atoms with Crippen molar-refractivity contribution in [3.8, 4) is 16.9 Å². The van der Waals surface area contributed by atoms with Crippen LogP contribution in [0.2, 0.25) is 0 Å². The minimum absolute atomic E-state index is 0.205. The summed E-state index contributed by atoms with van der Waals surface area (Å²) < 4.78 is 17.0. The molecular weight excluding hydrogens is 346 g/mol. The van der Waals surface area contributed by atoms with Crippen LogP contribution in [-0.2, 0) is 9.47 Å². The van der Waals surface area contributed by atoms with Gasteiger partial charge in [0.25, 0.3) is 0 Å². The first-order chi connectivity index (χ1) is 13.1. The van der Waals surface area contributed by atoms with Gasteiger partial charge in [-0.05, 0) is 35.9 Å². The third kappa shape index (κ3) is 2.41. The summed E-state index contributed by atoms with van der Waals surface area (Å²) in [5.41, 5.74) is 4.23. The molecule has 0 fully saturated rings. The molecule has 4 aromatic rings. The number of carbonyl (C=O) groups is 2. The van der Waals surface area contributed by atoms with Gasteiger partial charge in [-0.25, -0.2) is 9.59 Å². The molecule has 136 valence electrons. The fraction of sp³-hybridized carbons (Fsp3) is 0.143. The van der Waals surface area contributed by atoms with Crippen molar-refractivity contribution in [2.75, 3.05) is 21.3 Å². The lowest BCUT2D eigenvalue weighted by Crippen LogP contribution is -2.10. The smallest absolute Gasteiger partial charge is 0.340 e. The van der Waals surface area contributed by atoms with Crippen molar-refractivity contribution in [3.05, 3.63) is 59.7 Å². The van der Waals surface area contributed by atoms with E-state index in [4.69, 9.17) is 14.2 Å². The lowest BCUT2D eigenvalue weighted by Gasteiger charge is -2.05. The third-order valence-corrected chi connectivity index (χ3v) is 4.71. The Balaban J connectivity index is 2.12. The average Bonchev–Trinajstić information content (AvgIpc) is 3.27. The van der Waals surface area contributed by atoms with E-state index < -0.39 is 11.9 Å². The van der Waals surface area contributed by atoms with E-state index in [1.807, 2.05) is 46.9 Å². The van der Waals surface area contributed by atoms with E-state index in [2.05, 4.69) is 0 Å². The van der Waals surface area contributed by atoms with E-state index >= 15 is 0 Å². The Labute approximate surface area is 155 Å². The Bertz CT molecular complexity index is 1160. The van der Waals surface area contributed by atoms with Crippen LogP contribution in [-0.4, -0.2) is 37.7 Å². The fourth-order valence-electron chi connectivity index (χ4n) is 3.51. The van der Waals surface area contributed by atoms with Crippen LogP contribution >= 0.6 is 0 Å². The zero-order chi connectivity index (χ0) is 19.1. The molecule has 0 N–H and O–H groups in total. The zero-order valence-electron chi connectivity index (χ0n) is 15.1. The van der Waals surface area contributed by atoms with E-state index in [1.54, 1.807) is 13.2 Å². The van der Waals surface area contributed by atoms with Crippen molar-refractivity contribution < 1.29 is 23.8 Å². The number of benzene rings is 1. The van der Waals surface area contributed by atoms with Gasteiger partial charge in [0.05, 0.1) is 32.4 Å². The number of methoxy groups -OCH3 is 3. The Hall–Kier alpha value is -3.54. The minimum atomic E-state index is -0.582. The second kappa shape index (κ2) is 6.32. The highest BCUT2D eigenvalue weighted by molar-refractivity contribution is 6.17. The molecule has 1 aromatic carbocycles. The summed E-state index contributed by atoms with van der Waals surface area (Å²) in [7, 11) is 4.20. The molecule has 0 saturated heterocycles. The number of pyridine rings is 1. The highest BCUT2D eigenvalue weighted by Crippen LogP contribution is 2.38. The summed E-state index contributed by atoms with van der Waals surface area (Å²) in [5, 5.41) is 0. The van der Waals surface area contributed by atoms with Crippen molar-refractivity contribution in [3.63, 3.8) is 0 Å². The summed E-state index contributed by atoms with van der Waals surface area (Å²) >= 11 is 0. The summed E-state index contributed by atoms with van der Waals surface area (Å²) in [6.07, 6.45) is 0. The first kappa shape index (κ1) is 16.9. The Morgan fingerprint density at radius 2 is 1.52 bits per heavy atom. The molecule has 0 bridgehead atoms. The van der Waals surface area contributed by atoms with Gasteiger partial charge in [-0.3, -0.25) is 0 Å². The molecule has 3 aromatic heterocycles. The van der Waals surface area contributed by atoms with Crippen molar-refractivity contribution >= 4 is 28.5 Å². The maximum Gasteiger partial charge on any atom is 0.340 e. The molecule has 3 heterocycles. The van der Waals surface area contributed by atoms with Crippen LogP contribution in [0, 0.1) is 0 Å². The molecule has 0 amide bonds. The van der Waals surface area contributed by atoms with Gasteiger partial charge in [-0.1, -0.05) is 18.2 Å². The number of rotatable bonds is 4. The van der Waals surface area contributed by atoms with E-state index in [9.17, 15) is 9.59 Å². The molecule has 0 spiro atoms. The first-order valence-electron chi connectivity index (χ1n) is 8.31. The Kier molecular flexibility index (Phi) is 3.96. The summed E-state index contributed by atoms with van der Waals surface area (Å²) in [6.45, 7) is 0. The molecule has 6 nitrogen and oxygen atoms in total. The van der Waals surface area contributed by atoms with E-state index in [1.165, 1.54) is 14.2 Å². The number of nitrogens with zero attached hydrogens (tertiary/aromatic N) is 1. The van der Waals surface area contributed by atoms with Crippen molar-refractivity contribution in [2.45, 2.75) is 0 Å². The maximum absolute atomic E-state index is 12.6. The number of esters is 2. The van der Waals surface area contributed by atoms with Gasteiger partial charge < -0.3 is 18.6 Å². The van der Waals surface area contributed by atoms with Crippen LogP contribution < -0.4 is 4.74 Å². The van der Waals surface area contributed by atoms with Crippen molar-refractivity contribution in [2.24, 2.45) is 0 Å². The summed E-state index contributed by atoms with van der Waals surface area (Å²) in [5.74, 6) is -0.424. The van der Waals surface area contributed by atoms with Gasteiger partial charge in [-0.2, -0.15) is 0 Å². The molecular formula is C21H17NO5. The maximum atomic E-state index is 12.6. The van der Waals surface area contributed by atoms with Gasteiger partial charge in [0, 0.05) is 11.1 Å². The predicted molar refractivity (Wildman–Crippen MR) is 101 cm³/mol. The number of hydrogen-bond donors (Lipinski definition) is 0. The van der Waals surface area contributed by atoms with Crippen LogP contribution in [0.25, 0.3) is 27.7 Å². The highest BCUT2D eigenvalue weighted by Gasteiger charge is 2.30. The lowest BCUT2D eigenvalue weighted by atomic mass is 10.0. The summed E-state index contributed by atoms with van der Waals surface area (Å²) in [6, 6.07) is 15.1. The number of carbonyl (C=O) groups excluding carboxylic acids is 2. The predicted octanol–water partition coefficient (Wildman–Crippen LogP) is 3.78. The minimum Gasteiger partial charge on any atom is -0.497 e. The quantitative estimate of drug-likeness (QED) is 0.516. The molecule has 0 atom stereocenters. The van der Waals surface area contributed by atoms with Gasteiger partial charge in [0.15, 0.2) is 0 Å². The third-order valence-electron chi connectivity index (χ3n) is 4.71. The first-order valence-corrected chi connectivity index (χ1v) is 8.31. The molecule has 27 heavy (non-hydrogen) atoms. The van der Waals surface area contributed by atoms with E-state index in [0.717, 1.165) is 22.4 Å². The molecule has 0 aliphatic rings. The van der Waals surface area contributed by atoms with Crippen LogP contribution in [0.15, 0.2) is 48.5 Å². The van der Waals surface area contributed by atoms with Gasteiger partial charge in [0.1, 0.15) is 16.9 Å². The molecule has 0 aliphatic heterocycles. The summed E-state index contributed by atoms with van der Waals surface area (Å²) in [4.78, 5) is 25.1. The lowest BCUT2D eigenvalue weighted by molar-refractivity contribution is 0.0559. The topological polar surface area (TPSA) is 66.2 Å². The van der Waals surface area contributed by atoms with Gasteiger partial charge in [0.2, 0.25) is 0 Å². The van der Waals surface area contributed by atoms with E-state index in [0.29, 0.717) is 11.0 Å². The molecule has 0 unspecified atom stereocenters. The normalized spacial score (nSPS) is 11.1. The SMILES string of the molecule is COC(=O)c1c(C(=O)OC)c2c(-c3ccc(OC)cc3)cc3cccc1n32. The largest absolute Gasteiger partial charge is 0.497 e. The molecule has 0 aliphatic carbocycles. The zero-order valence-corrected chi connectivity index (χ0v) is 15.1. The van der Waals surface area contributed by atoms with Gasteiger partial charge in [-0.15, -0.1) is 0 Å². The molecule has 6 heteroatoms. The van der Waals surface area contributed by atoms with Crippen molar-refractivity contribution in [1.29, 1.82) is 0 Å². The second-order valence-electron chi connectivity index (χ2n) is 6.04. The second-order valence-corrected chi connectivity index (χ2v) is 6.04.